The molecule has 150 valence electrons. The zero-order valence-electron chi connectivity index (χ0n) is 16.7. The summed E-state index contributed by atoms with van der Waals surface area (Å²) in [6, 6.07) is 20.8. The van der Waals surface area contributed by atoms with Gasteiger partial charge in [0.05, 0.1) is 13.2 Å². The van der Waals surface area contributed by atoms with Crippen molar-refractivity contribution >= 4 is 0 Å². The molecule has 3 aromatic rings. The molecule has 2 N–H and O–H groups in total. The van der Waals surface area contributed by atoms with Crippen LogP contribution in [-0.2, 0) is 0 Å². The van der Waals surface area contributed by atoms with Crippen LogP contribution in [0.5, 0.6) is 23.0 Å². The number of ether oxygens (including phenoxy) is 2. The van der Waals surface area contributed by atoms with Crippen LogP contribution in [0.25, 0.3) is 0 Å². The van der Waals surface area contributed by atoms with Crippen LogP contribution in [-0.4, -0.2) is 23.4 Å². The van der Waals surface area contributed by atoms with E-state index in [1.165, 1.54) is 5.56 Å². The van der Waals surface area contributed by atoms with Gasteiger partial charge in [-0.05, 0) is 47.4 Å². The molecule has 0 bridgehead atoms. The number of fused-ring (bicyclic) bond motifs is 1. The van der Waals surface area contributed by atoms with Gasteiger partial charge in [-0.2, -0.15) is 0 Å². The van der Waals surface area contributed by atoms with Gasteiger partial charge in [0.1, 0.15) is 23.0 Å². The SMILES string of the molecule is CC(C)COc1ccc([C@@H]2COc3cc(O)ccc3[C@@H]2c2ccc(O)cc2)cc1. The van der Waals surface area contributed by atoms with Crippen LogP contribution in [0.3, 0.4) is 0 Å². The highest BCUT2D eigenvalue weighted by Crippen LogP contribution is 2.47. The molecule has 0 aliphatic carbocycles. The topological polar surface area (TPSA) is 58.9 Å². The van der Waals surface area contributed by atoms with Gasteiger partial charge in [-0.15, -0.1) is 0 Å². The molecule has 0 saturated heterocycles. The van der Waals surface area contributed by atoms with Crippen LogP contribution < -0.4 is 9.47 Å². The molecule has 29 heavy (non-hydrogen) atoms. The number of hydrogen-bond acceptors (Lipinski definition) is 4. The van der Waals surface area contributed by atoms with E-state index in [4.69, 9.17) is 9.47 Å². The number of benzene rings is 3. The van der Waals surface area contributed by atoms with Gasteiger partial charge in [0.15, 0.2) is 0 Å². The largest absolute Gasteiger partial charge is 0.508 e. The molecule has 0 fully saturated rings. The van der Waals surface area contributed by atoms with Crippen LogP contribution >= 0.6 is 0 Å². The standard InChI is InChI=1S/C25H26O4/c1-16(2)14-28-21-10-5-17(6-11-21)23-15-29-24-13-20(27)9-12-22(24)25(23)18-3-7-19(26)8-4-18/h3-13,16,23,25-27H,14-15H2,1-2H3/t23-,25-/m0/s1. The Balaban J connectivity index is 1.69. The van der Waals surface area contributed by atoms with Gasteiger partial charge in [0, 0.05) is 23.5 Å². The minimum atomic E-state index is 0.0578. The van der Waals surface area contributed by atoms with Gasteiger partial charge < -0.3 is 19.7 Å². The maximum absolute atomic E-state index is 9.86. The Morgan fingerprint density at radius 3 is 2.24 bits per heavy atom. The van der Waals surface area contributed by atoms with Crippen molar-refractivity contribution in [1.82, 2.24) is 0 Å². The van der Waals surface area contributed by atoms with Crippen molar-refractivity contribution in [2.45, 2.75) is 25.7 Å². The molecule has 4 heteroatoms. The number of rotatable bonds is 5. The molecule has 0 spiro atoms. The lowest BCUT2D eigenvalue weighted by molar-refractivity contribution is 0.247. The molecule has 0 amide bonds. The van der Waals surface area contributed by atoms with Gasteiger partial charge in [-0.1, -0.05) is 44.2 Å². The van der Waals surface area contributed by atoms with Crippen LogP contribution in [0.15, 0.2) is 66.7 Å². The minimum Gasteiger partial charge on any atom is -0.508 e. The van der Waals surface area contributed by atoms with Gasteiger partial charge >= 0.3 is 0 Å². The minimum absolute atomic E-state index is 0.0578. The van der Waals surface area contributed by atoms with Crippen LogP contribution in [0.2, 0.25) is 0 Å². The first-order chi connectivity index (χ1) is 14.0. The Morgan fingerprint density at radius 2 is 1.55 bits per heavy atom. The molecule has 1 aliphatic heterocycles. The molecule has 3 aromatic carbocycles. The summed E-state index contributed by atoms with van der Waals surface area (Å²) in [4.78, 5) is 0. The lowest BCUT2D eigenvalue weighted by Crippen LogP contribution is -2.25. The average Bonchev–Trinajstić information content (AvgIpc) is 2.72. The number of phenolic OH excluding ortho intramolecular Hbond substituents is 2. The molecule has 0 aromatic heterocycles. The van der Waals surface area contributed by atoms with Crippen LogP contribution in [0.4, 0.5) is 0 Å². The Labute approximate surface area is 171 Å². The summed E-state index contributed by atoms with van der Waals surface area (Å²) in [6.45, 7) is 5.46. The molecule has 2 atom stereocenters. The van der Waals surface area contributed by atoms with E-state index in [-0.39, 0.29) is 23.3 Å². The zero-order valence-corrected chi connectivity index (χ0v) is 16.7. The Kier molecular flexibility index (Phi) is 5.34. The smallest absolute Gasteiger partial charge is 0.126 e. The molecule has 0 unspecified atom stereocenters. The summed E-state index contributed by atoms with van der Waals surface area (Å²) < 4.78 is 11.8. The molecule has 0 saturated carbocycles. The van der Waals surface area contributed by atoms with E-state index in [9.17, 15) is 10.2 Å². The van der Waals surface area contributed by atoms with Gasteiger partial charge in [0.2, 0.25) is 0 Å². The normalized spacial score (nSPS) is 18.2. The van der Waals surface area contributed by atoms with Crippen molar-refractivity contribution in [2.75, 3.05) is 13.2 Å². The van der Waals surface area contributed by atoms with E-state index in [1.807, 2.05) is 30.3 Å². The molecular formula is C25H26O4. The summed E-state index contributed by atoms with van der Waals surface area (Å²) in [6.07, 6.45) is 0. The first-order valence-electron chi connectivity index (χ1n) is 9.98. The second kappa shape index (κ2) is 8.08. The number of aromatic hydroxyl groups is 2. The predicted octanol–water partition coefficient (Wildman–Crippen LogP) is 5.44. The van der Waals surface area contributed by atoms with E-state index in [0.29, 0.717) is 24.9 Å². The van der Waals surface area contributed by atoms with Crippen molar-refractivity contribution in [3.8, 4) is 23.0 Å². The predicted molar refractivity (Wildman–Crippen MR) is 113 cm³/mol. The highest BCUT2D eigenvalue weighted by atomic mass is 16.5. The first-order valence-corrected chi connectivity index (χ1v) is 9.98. The molecule has 1 heterocycles. The maximum atomic E-state index is 9.86. The van der Waals surface area contributed by atoms with Crippen LogP contribution in [0, 0.1) is 5.92 Å². The monoisotopic (exact) mass is 390 g/mol. The fraction of sp³-hybridized carbons (Fsp3) is 0.280. The molecule has 4 nitrogen and oxygen atoms in total. The van der Waals surface area contributed by atoms with Gasteiger partial charge in [-0.25, -0.2) is 0 Å². The second-order valence-electron chi connectivity index (χ2n) is 7.98. The number of phenols is 2. The zero-order chi connectivity index (χ0) is 20.4. The first kappa shape index (κ1) is 19.2. The Morgan fingerprint density at radius 1 is 0.897 bits per heavy atom. The Hall–Kier alpha value is -3.14. The van der Waals surface area contributed by atoms with Gasteiger partial charge in [0.25, 0.3) is 0 Å². The average molecular weight is 390 g/mol. The highest BCUT2D eigenvalue weighted by molar-refractivity contribution is 5.51. The summed E-state index contributed by atoms with van der Waals surface area (Å²) in [5.41, 5.74) is 3.30. The van der Waals surface area contributed by atoms with E-state index >= 15 is 0 Å². The molecule has 0 radical (unpaired) electrons. The summed E-state index contributed by atoms with van der Waals surface area (Å²) >= 11 is 0. The third-order valence-electron chi connectivity index (χ3n) is 5.30. The maximum Gasteiger partial charge on any atom is 0.126 e. The van der Waals surface area contributed by atoms with Crippen molar-refractivity contribution < 1.29 is 19.7 Å². The van der Waals surface area contributed by atoms with E-state index in [2.05, 4.69) is 26.0 Å². The lowest BCUT2D eigenvalue weighted by atomic mass is 9.76. The number of hydrogen-bond donors (Lipinski definition) is 2. The van der Waals surface area contributed by atoms with E-state index < -0.39 is 0 Å². The van der Waals surface area contributed by atoms with Crippen molar-refractivity contribution in [2.24, 2.45) is 5.92 Å². The van der Waals surface area contributed by atoms with Crippen molar-refractivity contribution in [1.29, 1.82) is 0 Å². The third-order valence-corrected chi connectivity index (χ3v) is 5.30. The van der Waals surface area contributed by atoms with E-state index in [1.54, 1.807) is 24.3 Å². The van der Waals surface area contributed by atoms with Crippen LogP contribution in [0.1, 0.15) is 42.4 Å². The Bertz CT molecular complexity index is 961. The molecule has 4 rings (SSSR count). The summed E-state index contributed by atoms with van der Waals surface area (Å²) in [7, 11) is 0. The molecule has 1 aliphatic rings. The quantitative estimate of drug-likeness (QED) is 0.609. The highest BCUT2D eigenvalue weighted by Gasteiger charge is 2.33. The van der Waals surface area contributed by atoms with Crippen molar-refractivity contribution in [3.05, 3.63) is 83.4 Å². The summed E-state index contributed by atoms with van der Waals surface area (Å²) in [5, 5.41) is 19.6. The fourth-order valence-electron chi connectivity index (χ4n) is 3.85. The van der Waals surface area contributed by atoms with E-state index in [0.717, 1.165) is 16.9 Å². The summed E-state index contributed by atoms with van der Waals surface area (Å²) in [5.74, 6) is 2.65. The fourth-order valence-corrected chi connectivity index (χ4v) is 3.85. The van der Waals surface area contributed by atoms with Crippen molar-refractivity contribution in [3.63, 3.8) is 0 Å². The lowest BCUT2D eigenvalue weighted by Gasteiger charge is -2.34. The second-order valence-corrected chi connectivity index (χ2v) is 7.98. The van der Waals surface area contributed by atoms with Gasteiger partial charge in [-0.3, -0.25) is 0 Å². The molecular weight excluding hydrogens is 364 g/mol. The third kappa shape index (κ3) is 4.16.